The first-order valence-electron chi connectivity index (χ1n) is 5.96. The van der Waals surface area contributed by atoms with Crippen LogP contribution in [0.25, 0.3) is 6.08 Å². The van der Waals surface area contributed by atoms with E-state index in [1.807, 2.05) is 20.8 Å². The number of anilines is 1. The van der Waals surface area contributed by atoms with Crippen LogP contribution in [0.5, 0.6) is 0 Å². The van der Waals surface area contributed by atoms with Gasteiger partial charge in [-0.25, -0.2) is 4.79 Å². The number of nitrogens with zero attached hydrogens (tertiary/aromatic N) is 2. The zero-order valence-electron chi connectivity index (χ0n) is 10.8. The van der Waals surface area contributed by atoms with Crippen molar-refractivity contribution in [3.63, 3.8) is 0 Å². The van der Waals surface area contributed by atoms with E-state index in [-0.39, 0.29) is 17.8 Å². The van der Waals surface area contributed by atoms with E-state index >= 15 is 0 Å². The van der Waals surface area contributed by atoms with Crippen molar-refractivity contribution in [1.82, 2.24) is 4.98 Å². The highest BCUT2D eigenvalue weighted by Crippen LogP contribution is 2.24. The normalized spacial score (nSPS) is 19.2. The van der Waals surface area contributed by atoms with E-state index in [2.05, 4.69) is 4.98 Å². The predicted octanol–water partition coefficient (Wildman–Crippen LogP) is 1.97. The second-order valence-corrected chi connectivity index (χ2v) is 4.75. The Balaban J connectivity index is 2.45. The minimum atomic E-state index is -0.487. The molecular weight excluding hydrogens is 232 g/mol. The molecule has 5 heteroatoms. The maximum absolute atomic E-state index is 11.8. The van der Waals surface area contributed by atoms with Crippen molar-refractivity contribution in [3.05, 3.63) is 28.0 Å². The van der Waals surface area contributed by atoms with Gasteiger partial charge in [0, 0.05) is 12.5 Å². The molecule has 2 rings (SSSR count). The molecule has 0 aromatic carbocycles. The molecule has 1 aromatic heterocycles. The Hall–Kier alpha value is -1.91. The van der Waals surface area contributed by atoms with Crippen LogP contribution in [0.1, 0.15) is 39.5 Å². The molecule has 1 atom stereocenters. The average Bonchev–Trinajstić information content (AvgIpc) is 2.56. The maximum Gasteiger partial charge on any atom is 0.341 e. The minimum Gasteiger partial charge on any atom is -0.404 e. The van der Waals surface area contributed by atoms with Gasteiger partial charge in [0.15, 0.2) is 0 Å². The zero-order valence-corrected chi connectivity index (χ0v) is 10.8. The largest absolute Gasteiger partial charge is 0.404 e. The molecule has 1 amide bonds. The van der Waals surface area contributed by atoms with Crippen molar-refractivity contribution in [2.45, 2.75) is 39.7 Å². The van der Waals surface area contributed by atoms with Crippen molar-refractivity contribution in [1.29, 1.82) is 0 Å². The Labute approximate surface area is 105 Å². The number of aromatic nitrogens is 1. The lowest BCUT2D eigenvalue weighted by Crippen LogP contribution is -2.32. The van der Waals surface area contributed by atoms with Gasteiger partial charge >= 0.3 is 5.63 Å². The third-order valence-corrected chi connectivity index (χ3v) is 2.82. The van der Waals surface area contributed by atoms with Crippen molar-refractivity contribution < 1.29 is 9.21 Å². The molecule has 18 heavy (non-hydrogen) atoms. The molecule has 0 radical (unpaired) electrons. The lowest BCUT2D eigenvalue weighted by atomic mass is 10.2. The summed E-state index contributed by atoms with van der Waals surface area (Å²) in [5.41, 5.74) is 0.489. The number of amides is 1. The molecule has 1 aliphatic rings. The van der Waals surface area contributed by atoms with Crippen LogP contribution in [-0.4, -0.2) is 16.9 Å². The van der Waals surface area contributed by atoms with Gasteiger partial charge < -0.3 is 4.42 Å². The fourth-order valence-corrected chi connectivity index (χ4v) is 2.02. The Morgan fingerprint density at radius 1 is 1.50 bits per heavy atom. The molecule has 1 fully saturated rings. The fourth-order valence-electron chi connectivity index (χ4n) is 2.02. The van der Waals surface area contributed by atoms with Crippen molar-refractivity contribution >= 4 is 17.8 Å². The van der Waals surface area contributed by atoms with Crippen LogP contribution in [-0.2, 0) is 4.79 Å². The monoisotopic (exact) mass is 248 g/mol. The van der Waals surface area contributed by atoms with E-state index in [9.17, 15) is 9.59 Å². The highest BCUT2D eigenvalue weighted by atomic mass is 16.4. The standard InChI is InChI=1S/C13H16N2O3/c1-8(2)6-11-14-10(7-13(17)18-11)15-9(3)4-5-12(15)16/h6-7,9H,4-5H2,1-3H3. The number of rotatable bonds is 2. The third kappa shape index (κ3) is 2.50. The summed E-state index contributed by atoms with van der Waals surface area (Å²) in [6, 6.07) is 1.34. The smallest absolute Gasteiger partial charge is 0.341 e. The quantitative estimate of drug-likeness (QED) is 0.802. The van der Waals surface area contributed by atoms with Gasteiger partial charge in [-0.2, -0.15) is 4.98 Å². The number of hydrogen-bond donors (Lipinski definition) is 0. The molecular formula is C13H16N2O3. The van der Waals surface area contributed by atoms with Gasteiger partial charge in [0.2, 0.25) is 11.8 Å². The molecule has 1 aromatic rings. The summed E-state index contributed by atoms with van der Waals surface area (Å²) in [6.45, 7) is 5.72. The molecule has 0 bridgehead atoms. The molecule has 1 unspecified atom stereocenters. The first-order chi connectivity index (χ1) is 8.47. The van der Waals surface area contributed by atoms with Gasteiger partial charge in [-0.15, -0.1) is 0 Å². The second kappa shape index (κ2) is 4.76. The van der Waals surface area contributed by atoms with Crippen molar-refractivity contribution in [2.24, 2.45) is 0 Å². The summed E-state index contributed by atoms with van der Waals surface area (Å²) in [6.07, 6.45) is 2.97. The first-order valence-corrected chi connectivity index (χ1v) is 5.96. The lowest BCUT2D eigenvalue weighted by molar-refractivity contribution is -0.117. The van der Waals surface area contributed by atoms with Crippen molar-refractivity contribution in [2.75, 3.05) is 4.90 Å². The SMILES string of the molecule is CC(C)=Cc1nc(N2C(=O)CCC2C)cc(=O)o1. The minimum absolute atomic E-state index is 0.00347. The Kier molecular flexibility index (Phi) is 3.32. The van der Waals surface area contributed by atoms with Crippen LogP contribution in [0.2, 0.25) is 0 Å². The first kappa shape index (κ1) is 12.5. The van der Waals surface area contributed by atoms with Gasteiger partial charge in [-0.1, -0.05) is 5.57 Å². The Bertz CT molecular complexity index is 556. The summed E-state index contributed by atoms with van der Waals surface area (Å²) >= 11 is 0. The molecule has 0 aliphatic carbocycles. The van der Waals surface area contributed by atoms with E-state index in [0.29, 0.717) is 12.2 Å². The van der Waals surface area contributed by atoms with Crippen LogP contribution in [0.15, 0.2) is 20.9 Å². The average molecular weight is 248 g/mol. The third-order valence-electron chi connectivity index (χ3n) is 2.82. The second-order valence-electron chi connectivity index (χ2n) is 4.75. The van der Waals surface area contributed by atoms with Gasteiger partial charge in [0.25, 0.3) is 0 Å². The van der Waals surface area contributed by atoms with Crippen LogP contribution in [0.4, 0.5) is 5.82 Å². The molecule has 2 heterocycles. The summed E-state index contributed by atoms with van der Waals surface area (Å²) in [5, 5.41) is 0. The van der Waals surface area contributed by atoms with Crippen LogP contribution >= 0.6 is 0 Å². The Morgan fingerprint density at radius 3 is 2.78 bits per heavy atom. The fraction of sp³-hybridized carbons (Fsp3) is 0.462. The number of carbonyl (C=O) groups is 1. The molecule has 96 valence electrons. The predicted molar refractivity (Wildman–Crippen MR) is 68.3 cm³/mol. The van der Waals surface area contributed by atoms with Crippen LogP contribution < -0.4 is 10.5 Å². The van der Waals surface area contributed by atoms with Crippen molar-refractivity contribution in [3.8, 4) is 0 Å². The number of carbonyl (C=O) groups excluding carboxylic acids is 1. The molecule has 1 saturated heterocycles. The number of hydrogen-bond acceptors (Lipinski definition) is 4. The summed E-state index contributed by atoms with van der Waals surface area (Å²) in [7, 11) is 0. The van der Waals surface area contributed by atoms with E-state index in [0.717, 1.165) is 12.0 Å². The summed E-state index contributed by atoms with van der Waals surface area (Å²) in [5.74, 6) is 0.627. The van der Waals surface area contributed by atoms with Crippen LogP contribution in [0, 0.1) is 0 Å². The van der Waals surface area contributed by atoms with Gasteiger partial charge in [-0.05, 0) is 33.3 Å². The molecule has 0 saturated carbocycles. The van der Waals surface area contributed by atoms with E-state index in [1.165, 1.54) is 6.07 Å². The molecule has 0 spiro atoms. The summed E-state index contributed by atoms with van der Waals surface area (Å²) in [4.78, 5) is 29.0. The van der Waals surface area contributed by atoms with Gasteiger partial charge in [-0.3, -0.25) is 9.69 Å². The van der Waals surface area contributed by atoms with E-state index in [1.54, 1.807) is 11.0 Å². The molecule has 1 aliphatic heterocycles. The topological polar surface area (TPSA) is 63.4 Å². The van der Waals surface area contributed by atoms with E-state index < -0.39 is 5.63 Å². The molecule has 5 nitrogen and oxygen atoms in total. The highest BCUT2D eigenvalue weighted by Gasteiger charge is 2.30. The maximum atomic E-state index is 11.8. The highest BCUT2D eigenvalue weighted by molar-refractivity contribution is 5.95. The van der Waals surface area contributed by atoms with E-state index in [4.69, 9.17) is 4.42 Å². The molecule has 0 N–H and O–H groups in total. The summed E-state index contributed by atoms with van der Waals surface area (Å²) < 4.78 is 4.98. The van der Waals surface area contributed by atoms with Crippen LogP contribution in [0.3, 0.4) is 0 Å². The van der Waals surface area contributed by atoms with Gasteiger partial charge in [0.1, 0.15) is 5.82 Å². The van der Waals surface area contributed by atoms with Gasteiger partial charge in [0.05, 0.1) is 6.07 Å². The number of allylic oxidation sites excluding steroid dienone is 1. The lowest BCUT2D eigenvalue weighted by Gasteiger charge is -2.19. The zero-order chi connectivity index (χ0) is 13.3. The Morgan fingerprint density at radius 2 is 2.22 bits per heavy atom.